The first-order chi connectivity index (χ1) is 9.09. The number of carboxylic acid groups (broad SMARTS) is 1. The lowest BCUT2D eigenvalue weighted by atomic mass is 9.77. The second-order valence-electron chi connectivity index (χ2n) is 5.31. The fourth-order valence-electron chi connectivity index (χ4n) is 2.75. The van der Waals surface area contributed by atoms with E-state index in [2.05, 4.69) is 20.1 Å². The van der Waals surface area contributed by atoms with Crippen molar-refractivity contribution in [2.45, 2.75) is 46.1 Å². The van der Waals surface area contributed by atoms with Crippen molar-refractivity contribution in [2.24, 2.45) is 5.41 Å². The van der Waals surface area contributed by atoms with Gasteiger partial charge in [0.2, 0.25) is 0 Å². The first-order valence-electron chi connectivity index (χ1n) is 6.95. The molecule has 0 aliphatic carbocycles. The van der Waals surface area contributed by atoms with Crippen molar-refractivity contribution in [2.75, 3.05) is 13.1 Å². The van der Waals surface area contributed by atoms with Gasteiger partial charge in [0.15, 0.2) is 0 Å². The Bertz CT molecular complexity index is 446. The number of aromatic amines is 1. The molecule has 2 N–H and O–H groups in total. The van der Waals surface area contributed by atoms with Crippen LogP contribution in [-0.4, -0.2) is 44.2 Å². The SMILES string of the molecule is CCc1n[nH]c(CN2CCC[C@@](CC)(C(=O)O)C2)n1. The zero-order valence-corrected chi connectivity index (χ0v) is 11.6. The highest BCUT2D eigenvalue weighted by atomic mass is 16.4. The lowest BCUT2D eigenvalue weighted by Gasteiger charge is -2.39. The molecule has 1 aliphatic heterocycles. The minimum absolute atomic E-state index is 0.591. The summed E-state index contributed by atoms with van der Waals surface area (Å²) in [4.78, 5) is 18.0. The highest BCUT2D eigenvalue weighted by molar-refractivity contribution is 5.75. The Labute approximate surface area is 113 Å². The van der Waals surface area contributed by atoms with Gasteiger partial charge in [0.05, 0.1) is 12.0 Å². The summed E-state index contributed by atoms with van der Waals surface area (Å²) in [5, 5.41) is 16.5. The van der Waals surface area contributed by atoms with Crippen molar-refractivity contribution in [1.82, 2.24) is 20.1 Å². The average Bonchev–Trinajstić information content (AvgIpc) is 2.86. The first-order valence-corrected chi connectivity index (χ1v) is 6.95. The molecule has 0 saturated carbocycles. The summed E-state index contributed by atoms with van der Waals surface area (Å²) in [5.74, 6) is 0.965. The molecule has 106 valence electrons. The molecular weight excluding hydrogens is 244 g/mol. The third-order valence-corrected chi connectivity index (χ3v) is 4.05. The number of carboxylic acids is 1. The van der Waals surface area contributed by atoms with Gasteiger partial charge in [0, 0.05) is 13.0 Å². The van der Waals surface area contributed by atoms with Crippen LogP contribution in [-0.2, 0) is 17.8 Å². The Morgan fingerprint density at radius 2 is 2.32 bits per heavy atom. The van der Waals surface area contributed by atoms with Crippen LogP contribution in [0.15, 0.2) is 0 Å². The summed E-state index contributed by atoms with van der Waals surface area (Å²) in [5.41, 5.74) is -0.591. The van der Waals surface area contributed by atoms with E-state index in [4.69, 9.17) is 0 Å². The van der Waals surface area contributed by atoms with E-state index in [-0.39, 0.29) is 0 Å². The van der Waals surface area contributed by atoms with Crippen molar-refractivity contribution in [3.05, 3.63) is 11.6 Å². The number of carbonyl (C=O) groups is 1. The molecule has 0 amide bonds. The molecule has 0 spiro atoms. The Hall–Kier alpha value is -1.43. The van der Waals surface area contributed by atoms with E-state index in [1.54, 1.807) is 0 Å². The molecule has 0 aromatic carbocycles. The van der Waals surface area contributed by atoms with E-state index in [0.29, 0.717) is 19.5 Å². The van der Waals surface area contributed by atoms with Gasteiger partial charge in [-0.25, -0.2) is 4.98 Å². The van der Waals surface area contributed by atoms with Crippen molar-refractivity contribution in [3.8, 4) is 0 Å². The van der Waals surface area contributed by atoms with Crippen LogP contribution in [0.25, 0.3) is 0 Å². The summed E-state index contributed by atoms with van der Waals surface area (Å²) < 4.78 is 0. The van der Waals surface area contributed by atoms with Crippen LogP contribution in [0.3, 0.4) is 0 Å². The number of aliphatic carboxylic acids is 1. The van der Waals surface area contributed by atoms with Gasteiger partial charge in [0.1, 0.15) is 11.6 Å². The topological polar surface area (TPSA) is 82.1 Å². The summed E-state index contributed by atoms with van der Waals surface area (Å²) >= 11 is 0. The summed E-state index contributed by atoms with van der Waals surface area (Å²) in [6, 6.07) is 0. The van der Waals surface area contributed by atoms with Crippen molar-refractivity contribution < 1.29 is 9.90 Å². The standard InChI is InChI=1S/C13H22N4O2/c1-3-10-14-11(16-15-10)8-17-7-5-6-13(4-2,9-17)12(18)19/h3-9H2,1-2H3,(H,18,19)(H,14,15,16)/t13-/m1/s1. The van der Waals surface area contributed by atoms with Gasteiger partial charge in [0.25, 0.3) is 0 Å². The van der Waals surface area contributed by atoms with Crippen LogP contribution in [0.1, 0.15) is 44.8 Å². The third-order valence-electron chi connectivity index (χ3n) is 4.05. The lowest BCUT2D eigenvalue weighted by Crippen LogP contribution is -2.47. The molecule has 0 unspecified atom stereocenters. The number of aromatic nitrogens is 3. The van der Waals surface area contributed by atoms with Gasteiger partial charge >= 0.3 is 5.97 Å². The van der Waals surface area contributed by atoms with Crippen LogP contribution in [0.4, 0.5) is 0 Å². The second-order valence-corrected chi connectivity index (χ2v) is 5.31. The summed E-state index contributed by atoms with van der Waals surface area (Å²) in [6.45, 7) is 6.15. The average molecular weight is 266 g/mol. The Balaban J connectivity index is 2.03. The van der Waals surface area contributed by atoms with Crippen molar-refractivity contribution in [1.29, 1.82) is 0 Å². The van der Waals surface area contributed by atoms with E-state index in [1.165, 1.54) is 0 Å². The van der Waals surface area contributed by atoms with E-state index in [9.17, 15) is 9.90 Å². The van der Waals surface area contributed by atoms with Crippen molar-refractivity contribution in [3.63, 3.8) is 0 Å². The number of rotatable bonds is 5. The van der Waals surface area contributed by atoms with Gasteiger partial charge < -0.3 is 5.11 Å². The fraction of sp³-hybridized carbons (Fsp3) is 0.769. The number of hydrogen-bond donors (Lipinski definition) is 2. The van der Waals surface area contributed by atoms with Crippen LogP contribution < -0.4 is 0 Å². The predicted octanol–water partition coefficient (Wildman–Crippen LogP) is 1.44. The molecule has 19 heavy (non-hydrogen) atoms. The molecule has 1 aromatic heterocycles. The zero-order chi connectivity index (χ0) is 13.9. The van der Waals surface area contributed by atoms with E-state index in [1.807, 2.05) is 13.8 Å². The number of nitrogens with one attached hydrogen (secondary N) is 1. The first kappa shape index (κ1) is 14.0. The van der Waals surface area contributed by atoms with Gasteiger partial charge in [-0.3, -0.25) is 14.8 Å². The number of likely N-dealkylation sites (tertiary alicyclic amines) is 1. The van der Waals surface area contributed by atoms with Gasteiger partial charge in [-0.1, -0.05) is 13.8 Å². The van der Waals surface area contributed by atoms with E-state index in [0.717, 1.165) is 37.5 Å². The predicted molar refractivity (Wildman–Crippen MR) is 70.6 cm³/mol. The molecule has 6 nitrogen and oxygen atoms in total. The molecule has 1 aromatic rings. The smallest absolute Gasteiger partial charge is 0.310 e. The highest BCUT2D eigenvalue weighted by Gasteiger charge is 2.40. The van der Waals surface area contributed by atoms with Gasteiger partial charge in [-0.15, -0.1) is 0 Å². The molecule has 2 heterocycles. The largest absolute Gasteiger partial charge is 0.481 e. The molecule has 1 atom stereocenters. The van der Waals surface area contributed by atoms with Crippen LogP contribution >= 0.6 is 0 Å². The normalized spacial score (nSPS) is 24.5. The van der Waals surface area contributed by atoms with Crippen LogP contribution in [0, 0.1) is 5.41 Å². The monoisotopic (exact) mass is 266 g/mol. The number of aryl methyl sites for hydroxylation is 1. The maximum Gasteiger partial charge on any atom is 0.310 e. The van der Waals surface area contributed by atoms with E-state index >= 15 is 0 Å². The van der Waals surface area contributed by atoms with Crippen molar-refractivity contribution >= 4 is 5.97 Å². The number of nitrogens with zero attached hydrogens (tertiary/aromatic N) is 3. The van der Waals surface area contributed by atoms with Crippen LogP contribution in [0.5, 0.6) is 0 Å². The molecule has 0 radical (unpaired) electrons. The number of piperidine rings is 1. The minimum atomic E-state index is -0.675. The Morgan fingerprint density at radius 3 is 2.89 bits per heavy atom. The second kappa shape index (κ2) is 5.69. The minimum Gasteiger partial charge on any atom is -0.481 e. The fourth-order valence-corrected chi connectivity index (χ4v) is 2.75. The maximum absolute atomic E-state index is 11.5. The third kappa shape index (κ3) is 2.94. The number of H-pyrrole nitrogens is 1. The van der Waals surface area contributed by atoms with Gasteiger partial charge in [-0.05, 0) is 25.8 Å². The molecule has 2 rings (SSSR count). The summed E-state index contributed by atoms with van der Waals surface area (Å²) in [7, 11) is 0. The van der Waals surface area contributed by atoms with E-state index < -0.39 is 11.4 Å². The number of hydrogen-bond acceptors (Lipinski definition) is 4. The van der Waals surface area contributed by atoms with Crippen LogP contribution in [0.2, 0.25) is 0 Å². The molecule has 1 fully saturated rings. The quantitative estimate of drug-likeness (QED) is 0.842. The summed E-state index contributed by atoms with van der Waals surface area (Å²) in [6.07, 6.45) is 3.18. The molecule has 1 saturated heterocycles. The molecule has 6 heteroatoms. The molecule has 0 bridgehead atoms. The Morgan fingerprint density at radius 1 is 1.53 bits per heavy atom. The molecule has 1 aliphatic rings. The van der Waals surface area contributed by atoms with Gasteiger partial charge in [-0.2, -0.15) is 5.10 Å². The Kier molecular flexibility index (Phi) is 4.19. The molecular formula is C13H22N4O2. The zero-order valence-electron chi connectivity index (χ0n) is 11.6. The lowest BCUT2D eigenvalue weighted by molar-refractivity contribution is -0.153. The highest BCUT2D eigenvalue weighted by Crippen LogP contribution is 2.34. The maximum atomic E-state index is 11.5.